The molecule has 0 atom stereocenters. The van der Waals surface area contributed by atoms with Crippen LogP contribution in [-0.2, 0) is 0 Å². The molecule has 0 aliphatic carbocycles. The minimum atomic E-state index is 1.12. The fourth-order valence-corrected chi connectivity index (χ4v) is 1.55. The van der Waals surface area contributed by atoms with Gasteiger partial charge in [-0.05, 0) is 25.0 Å². The zero-order chi connectivity index (χ0) is 12.6. The zero-order valence-electron chi connectivity index (χ0n) is 10.9. The maximum absolute atomic E-state index is 3.80. The maximum Gasteiger partial charge on any atom is -0.0179 e. The van der Waals surface area contributed by atoms with Crippen LogP contribution in [0.25, 0.3) is 5.57 Å². The van der Waals surface area contributed by atoms with Crippen LogP contribution in [-0.4, -0.2) is 0 Å². The molecule has 0 nitrogen and oxygen atoms in total. The Morgan fingerprint density at radius 1 is 1.00 bits per heavy atom. The molecule has 0 bridgehead atoms. The van der Waals surface area contributed by atoms with Crippen molar-refractivity contribution in [1.82, 2.24) is 0 Å². The summed E-state index contributed by atoms with van der Waals surface area (Å²) in [6.07, 6.45) is 5.62. The molecule has 0 unspecified atom stereocenters. The van der Waals surface area contributed by atoms with Crippen LogP contribution in [0.15, 0.2) is 49.6 Å². The molecule has 0 spiro atoms. The van der Waals surface area contributed by atoms with Crippen molar-refractivity contribution in [1.29, 1.82) is 0 Å². The van der Waals surface area contributed by atoms with Gasteiger partial charge in [0.25, 0.3) is 0 Å². The lowest BCUT2D eigenvalue weighted by Gasteiger charge is -2.05. The van der Waals surface area contributed by atoms with E-state index in [9.17, 15) is 0 Å². The van der Waals surface area contributed by atoms with Crippen molar-refractivity contribution in [3.63, 3.8) is 0 Å². The van der Waals surface area contributed by atoms with E-state index in [2.05, 4.69) is 45.2 Å². The fourth-order valence-electron chi connectivity index (χ4n) is 1.55. The molecule has 1 aromatic carbocycles. The van der Waals surface area contributed by atoms with Crippen LogP contribution in [0.5, 0.6) is 0 Å². The molecule has 0 N–H and O–H groups in total. The van der Waals surface area contributed by atoms with Gasteiger partial charge in [0.2, 0.25) is 0 Å². The summed E-state index contributed by atoms with van der Waals surface area (Å²) in [6, 6.07) is 6.48. The van der Waals surface area contributed by atoms with Gasteiger partial charge in [0.05, 0.1) is 0 Å². The fraction of sp³-hybridized carbons (Fsp3) is 0.250. The quantitative estimate of drug-likeness (QED) is 0.615. The van der Waals surface area contributed by atoms with Gasteiger partial charge < -0.3 is 0 Å². The molecule has 0 aliphatic heterocycles. The summed E-state index contributed by atoms with van der Waals surface area (Å²) >= 11 is 0. The number of hydrogen-bond acceptors (Lipinski definition) is 0. The summed E-state index contributed by atoms with van der Waals surface area (Å²) < 4.78 is 0. The van der Waals surface area contributed by atoms with E-state index in [0.29, 0.717) is 0 Å². The van der Waals surface area contributed by atoms with Crippen LogP contribution in [0.1, 0.15) is 30.5 Å². The van der Waals surface area contributed by atoms with E-state index in [-0.39, 0.29) is 0 Å². The average Bonchev–Trinajstić information content (AvgIpc) is 2.27. The maximum atomic E-state index is 3.80. The van der Waals surface area contributed by atoms with Gasteiger partial charge in [0, 0.05) is 0 Å². The highest BCUT2D eigenvalue weighted by Crippen LogP contribution is 2.18. The first kappa shape index (κ1) is 14.4. The van der Waals surface area contributed by atoms with Crippen LogP contribution in [0.3, 0.4) is 0 Å². The second-order valence-electron chi connectivity index (χ2n) is 3.44. The minimum absolute atomic E-state index is 1.12. The Morgan fingerprint density at radius 2 is 1.50 bits per heavy atom. The number of rotatable bonds is 3. The lowest BCUT2D eigenvalue weighted by atomic mass is 10.0. The number of hydrogen-bond donors (Lipinski definition) is 0. The predicted molar refractivity (Wildman–Crippen MR) is 75.6 cm³/mol. The van der Waals surface area contributed by atoms with Gasteiger partial charge in [-0.25, -0.2) is 0 Å². The van der Waals surface area contributed by atoms with Crippen molar-refractivity contribution in [2.75, 3.05) is 0 Å². The van der Waals surface area contributed by atoms with E-state index in [1.165, 1.54) is 16.7 Å². The molecular formula is C16H22. The molecule has 0 saturated heterocycles. The van der Waals surface area contributed by atoms with Gasteiger partial charge in [0.15, 0.2) is 0 Å². The molecule has 0 saturated carbocycles. The summed E-state index contributed by atoms with van der Waals surface area (Å²) in [7, 11) is 0. The van der Waals surface area contributed by atoms with E-state index < -0.39 is 0 Å². The summed E-state index contributed by atoms with van der Waals surface area (Å²) in [4.78, 5) is 0. The molecule has 0 amide bonds. The molecule has 0 radical (unpaired) electrons. The lowest BCUT2D eigenvalue weighted by Crippen LogP contribution is -1.84. The van der Waals surface area contributed by atoms with Crippen molar-refractivity contribution >= 4 is 5.57 Å². The molecule has 0 heteroatoms. The Morgan fingerprint density at radius 3 is 1.88 bits per heavy atom. The lowest BCUT2D eigenvalue weighted by molar-refractivity contribution is 1.37. The summed E-state index contributed by atoms with van der Waals surface area (Å²) in [5, 5.41) is 0. The highest BCUT2D eigenvalue weighted by Gasteiger charge is 1.98. The van der Waals surface area contributed by atoms with Gasteiger partial charge in [-0.2, -0.15) is 0 Å². The first-order chi connectivity index (χ1) is 7.67. The zero-order valence-corrected chi connectivity index (χ0v) is 10.9. The molecule has 16 heavy (non-hydrogen) atoms. The predicted octanol–water partition coefficient (Wildman–Crippen LogP) is 5.09. The van der Waals surface area contributed by atoms with Crippen molar-refractivity contribution < 1.29 is 0 Å². The van der Waals surface area contributed by atoms with E-state index >= 15 is 0 Å². The van der Waals surface area contributed by atoms with Crippen LogP contribution in [0, 0.1) is 13.8 Å². The van der Waals surface area contributed by atoms with Crippen LogP contribution in [0.4, 0.5) is 0 Å². The summed E-state index contributed by atoms with van der Waals surface area (Å²) in [6.45, 7) is 15.7. The standard InChI is InChI=1S/C14H16.C2H6/c1-5-7-13(6-2)14-9-11(3)8-12(4)10-14;1-2/h5-10H,1-2H2,3-4H3;1-2H3/b13-7+;. The van der Waals surface area contributed by atoms with Crippen LogP contribution >= 0.6 is 0 Å². The highest BCUT2D eigenvalue weighted by atomic mass is 14.0. The average molecular weight is 214 g/mol. The number of allylic oxidation sites excluding steroid dienone is 4. The third kappa shape index (κ3) is 4.31. The SMILES string of the molecule is C=C/C=C(\C=C)c1cc(C)cc(C)c1.CC. The second-order valence-corrected chi connectivity index (χ2v) is 3.44. The van der Waals surface area contributed by atoms with Crippen molar-refractivity contribution in [2.45, 2.75) is 27.7 Å². The molecule has 0 fully saturated rings. The normalized spacial score (nSPS) is 10.1. The topological polar surface area (TPSA) is 0 Å². The smallest absolute Gasteiger partial charge is 0.0179 e. The Labute approximate surface area is 100 Å². The first-order valence-electron chi connectivity index (χ1n) is 5.71. The first-order valence-corrected chi connectivity index (χ1v) is 5.71. The van der Waals surface area contributed by atoms with Gasteiger partial charge in [0.1, 0.15) is 0 Å². The Balaban J connectivity index is 0.00000106. The Bertz CT molecular complexity index is 361. The molecule has 1 rings (SSSR count). The van der Waals surface area contributed by atoms with Crippen LogP contribution < -0.4 is 0 Å². The van der Waals surface area contributed by atoms with Crippen molar-refractivity contribution in [3.8, 4) is 0 Å². The van der Waals surface area contributed by atoms with Crippen LogP contribution in [0.2, 0.25) is 0 Å². The number of aryl methyl sites for hydroxylation is 2. The summed E-state index contributed by atoms with van der Waals surface area (Å²) in [5.41, 5.74) is 4.87. The summed E-state index contributed by atoms with van der Waals surface area (Å²) in [5.74, 6) is 0. The van der Waals surface area contributed by atoms with E-state index in [4.69, 9.17) is 0 Å². The molecule has 0 heterocycles. The second kappa shape index (κ2) is 7.70. The third-order valence-corrected chi connectivity index (χ3v) is 2.07. The highest BCUT2D eigenvalue weighted by molar-refractivity contribution is 5.75. The van der Waals surface area contributed by atoms with Gasteiger partial charge in [-0.1, -0.05) is 74.6 Å². The van der Waals surface area contributed by atoms with E-state index in [0.717, 1.165) is 5.57 Å². The van der Waals surface area contributed by atoms with Crippen molar-refractivity contribution in [3.05, 3.63) is 66.3 Å². The molecular weight excluding hydrogens is 192 g/mol. The molecule has 1 aromatic rings. The Hall–Kier alpha value is -1.56. The molecule has 0 aliphatic rings. The van der Waals surface area contributed by atoms with Gasteiger partial charge in [-0.15, -0.1) is 0 Å². The Kier molecular flexibility index (Phi) is 6.95. The van der Waals surface area contributed by atoms with E-state index in [1.807, 2.05) is 26.0 Å². The van der Waals surface area contributed by atoms with Crippen molar-refractivity contribution in [2.24, 2.45) is 0 Å². The molecule has 0 aromatic heterocycles. The monoisotopic (exact) mass is 214 g/mol. The van der Waals surface area contributed by atoms with Gasteiger partial charge in [-0.3, -0.25) is 0 Å². The van der Waals surface area contributed by atoms with Gasteiger partial charge >= 0.3 is 0 Å². The molecule has 86 valence electrons. The largest absolute Gasteiger partial charge is 0.0990 e. The van der Waals surface area contributed by atoms with E-state index in [1.54, 1.807) is 6.08 Å². The third-order valence-electron chi connectivity index (χ3n) is 2.07. The minimum Gasteiger partial charge on any atom is -0.0990 e. The number of benzene rings is 1.